The Labute approximate surface area is 219 Å². The fraction of sp³-hybridized carbons (Fsp3) is 0.533. The Balaban J connectivity index is 1.69. The molecule has 0 radical (unpaired) electrons. The molecule has 0 bridgehead atoms. The molecule has 2 aliphatic heterocycles. The van der Waals surface area contributed by atoms with E-state index in [0.29, 0.717) is 24.1 Å². The first-order chi connectivity index (χ1) is 18.0. The molecule has 0 spiro atoms. The van der Waals surface area contributed by atoms with E-state index < -0.39 is 6.17 Å². The van der Waals surface area contributed by atoms with E-state index in [9.17, 15) is 4.79 Å². The Bertz CT molecular complexity index is 1280. The fourth-order valence-corrected chi connectivity index (χ4v) is 5.88. The predicted molar refractivity (Wildman–Crippen MR) is 147 cm³/mol. The second-order valence-corrected chi connectivity index (χ2v) is 10.5. The lowest BCUT2D eigenvalue weighted by Crippen LogP contribution is -2.25. The molecule has 6 nitrogen and oxygen atoms in total. The van der Waals surface area contributed by atoms with Gasteiger partial charge in [-0.05, 0) is 79.3 Å². The molecule has 5 rings (SSSR count). The van der Waals surface area contributed by atoms with Crippen LogP contribution in [0.15, 0.2) is 30.5 Å². The van der Waals surface area contributed by atoms with Crippen molar-refractivity contribution in [1.29, 1.82) is 0 Å². The van der Waals surface area contributed by atoms with E-state index in [4.69, 9.17) is 9.72 Å². The van der Waals surface area contributed by atoms with Crippen LogP contribution in [0.2, 0.25) is 0 Å². The lowest BCUT2D eigenvalue weighted by Gasteiger charge is -2.33. The predicted octanol–water partition coefficient (Wildman–Crippen LogP) is 6.77. The number of ether oxygens (including phenoxy) is 1. The molecule has 7 heteroatoms. The molecule has 1 saturated heterocycles. The number of amides is 1. The highest BCUT2D eigenvalue weighted by molar-refractivity contribution is 5.98. The van der Waals surface area contributed by atoms with Crippen LogP contribution in [-0.4, -0.2) is 42.3 Å². The third-order valence-corrected chi connectivity index (χ3v) is 8.23. The average molecular weight is 507 g/mol. The number of carbonyl (C=O) groups is 1. The van der Waals surface area contributed by atoms with Crippen LogP contribution in [-0.2, 0) is 11.2 Å². The van der Waals surface area contributed by atoms with Gasteiger partial charge in [0.15, 0.2) is 0 Å². The molecular formula is C30H39FN4O2. The maximum absolute atomic E-state index is 15.3. The minimum Gasteiger partial charge on any atom is -0.381 e. The van der Waals surface area contributed by atoms with Gasteiger partial charge in [-0.25, -0.2) is 9.37 Å². The summed E-state index contributed by atoms with van der Waals surface area (Å²) in [5.74, 6) is 0.113. The second kappa shape index (κ2) is 10.8. The summed E-state index contributed by atoms with van der Waals surface area (Å²) in [5, 5.41) is 2.70. The van der Waals surface area contributed by atoms with Crippen molar-refractivity contribution >= 4 is 28.3 Å². The number of halogens is 1. The van der Waals surface area contributed by atoms with Crippen molar-refractivity contribution in [3.8, 4) is 0 Å². The Kier molecular flexibility index (Phi) is 7.52. The molecule has 4 heterocycles. The molecule has 198 valence electrons. The Morgan fingerprint density at radius 1 is 1.16 bits per heavy atom. The quantitative estimate of drug-likeness (QED) is 0.384. The molecule has 2 aromatic heterocycles. The van der Waals surface area contributed by atoms with E-state index in [-0.39, 0.29) is 5.91 Å². The van der Waals surface area contributed by atoms with Crippen LogP contribution in [0.25, 0.3) is 11.0 Å². The van der Waals surface area contributed by atoms with Crippen LogP contribution in [0.4, 0.5) is 15.8 Å². The number of aryl methyl sites for hydroxylation is 1. The van der Waals surface area contributed by atoms with Crippen molar-refractivity contribution in [1.82, 2.24) is 14.9 Å². The number of fused-ring (bicyclic) bond motifs is 2. The molecule has 2 unspecified atom stereocenters. The van der Waals surface area contributed by atoms with Gasteiger partial charge in [0, 0.05) is 44.7 Å². The molecule has 37 heavy (non-hydrogen) atoms. The summed E-state index contributed by atoms with van der Waals surface area (Å²) in [6.07, 6.45) is 6.54. The van der Waals surface area contributed by atoms with Crippen molar-refractivity contribution in [3.05, 3.63) is 52.8 Å². The normalized spacial score (nSPS) is 18.0. The van der Waals surface area contributed by atoms with Gasteiger partial charge in [-0.2, -0.15) is 0 Å². The van der Waals surface area contributed by atoms with E-state index in [2.05, 4.69) is 47.0 Å². The van der Waals surface area contributed by atoms with Gasteiger partial charge in [0.1, 0.15) is 17.4 Å². The number of aromatic nitrogens is 2. The molecule has 1 fully saturated rings. The summed E-state index contributed by atoms with van der Waals surface area (Å²) >= 11 is 0. The summed E-state index contributed by atoms with van der Waals surface area (Å²) in [7, 11) is 1.63. The smallest absolute Gasteiger partial charge is 0.269 e. The highest BCUT2D eigenvalue weighted by atomic mass is 19.1. The Morgan fingerprint density at radius 3 is 2.65 bits per heavy atom. The first-order valence-corrected chi connectivity index (χ1v) is 13.9. The van der Waals surface area contributed by atoms with E-state index >= 15 is 4.39 Å². The van der Waals surface area contributed by atoms with Crippen LogP contribution in [0.5, 0.6) is 0 Å². The Morgan fingerprint density at radius 2 is 1.95 bits per heavy atom. The van der Waals surface area contributed by atoms with Crippen molar-refractivity contribution in [2.75, 3.05) is 31.7 Å². The third kappa shape index (κ3) is 4.74. The van der Waals surface area contributed by atoms with Gasteiger partial charge in [-0.3, -0.25) is 4.79 Å². The largest absolute Gasteiger partial charge is 0.381 e. The lowest BCUT2D eigenvalue weighted by atomic mass is 9.86. The van der Waals surface area contributed by atoms with Crippen LogP contribution >= 0.6 is 0 Å². The number of carbonyl (C=O) groups excluding carboxylic acids is 1. The average Bonchev–Trinajstić information content (AvgIpc) is 3.34. The van der Waals surface area contributed by atoms with Crippen LogP contribution < -0.4 is 10.2 Å². The van der Waals surface area contributed by atoms with Crippen molar-refractivity contribution in [2.45, 2.75) is 77.4 Å². The highest BCUT2D eigenvalue weighted by Gasteiger charge is 2.29. The molecule has 2 aliphatic rings. The summed E-state index contributed by atoms with van der Waals surface area (Å²) in [5.41, 5.74) is 7.53. The number of pyridine rings is 1. The van der Waals surface area contributed by atoms with Crippen LogP contribution in [0.1, 0.15) is 98.2 Å². The van der Waals surface area contributed by atoms with E-state index in [1.807, 2.05) is 13.0 Å². The zero-order chi connectivity index (χ0) is 26.1. The molecule has 1 amide bonds. The van der Waals surface area contributed by atoms with E-state index in [1.165, 1.54) is 5.56 Å². The van der Waals surface area contributed by atoms with Gasteiger partial charge in [-0.15, -0.1) is 0 Å². The van der Waals surface area contributed by atoms with Gasteiger partial charge in [0.25, 0.3) is 5.91 Å². The zero-order valence-corrected chi connectivity index (χ0v) is 22.5. The molecule has 1 aromatic carbocycles. The number of anilines is 2. The van der Waals surface area contributed by atoms with E-state index in [0.717, 1.165) is 85.4 Å². The summed E-state index contributed by atoms with van der Waals surface area (Å²) < 4.78 is 23.3. The monoisotopic (exact) mass is 506 g/mol. The molecule has 3 aromatic rings. The molecular weight excluding hydrogens is 467 g/mol. The standard InChI is InChI=1S/C30H39FN4O2/c1-5-19(3)22-16-20-8-7-13-34(27(20)17-23(22)24(31)6-2)28-18-35(21-11-14-37-15-12-21)26-10-9-25(30(36)32-4)33-29(26)28/h9-10,16-19,21,24H,5-8,11-15H2,1-4H3,(H,32,36). The number of benzene rings is 1. The molecule has 0 aliphatic carbocycles. The number of hydrogen-bond acceptors (Lipinski definition) is 4. The summed E-state index contributed by atoms with van der Waals surface area (Å²) in [6.45, 7) is 8.59. The molecule has 0 saturated carbocycles. The van der Waals surface area contributed by atoms with E-state index in [1.54, 1.807) is 13.1 Å². The van der Waals surface area contributed by atoms with Crippen molar-refractivity contribution < 1.29 is 13.9 Å². The van der Waals surface area contributed by atoms with Crippen LogP contribution in [0.3, 0.4) is 0 Å². The van der Waals surface area contributed by atoms with Crippen molar-refractivity contribution in [3.63, 3.8) is 0 Å². The first-order valence-electron chi connectivity index (χ1n) is 13.9. The maximum atomic E-state index is 15.3. The molecule has 2 atom stereocenters. The first kappa shape index (κ1) is 25.7. The summed E-state index contributed by atoms with van der Waals surface area (Å²) in [6, 6.07) is 8.50. The second-order valence-electron chi connectivity index (χ2n) is 10.5. The number of nitrogens with one attached hydrogen (secondary N) is 1. The van der Waals surface area contributed by atoms with Gasteiger partial charge < -0.3 is 19.5 Å². The number of alkyl halides is 1. The molecule has 1 N–H and O–H groups in total. The zero-order valence-electron chi connectivity index (χ0n) is 22.5. The van der Waals surface area contributed by atoms with Gasteiger partial charge in [0.2, 0.25) is 0 Å². The van der Waals surface area contributed by atoms with Crippen molar-refractivity contribution in [2.24, 2.45) is 0 Å². The summed E-state index contributed by atoms with van der Waals surface area (Å²) in [4.78, 5) is 19.7. The number of hydrogen-bond donors (Lipinski definition) is 1. The lowest BCUT2D eigenvalue weighted by molar-refractivity contribution is 0.0707. The van der Waals surface area contributed by atoms with Gasteiger partial charge in [0.05, 0.1) is 11.2 Å². The maximum Gasteiger partial charge on any atom is 0.269 e. The minimum absolute atomic E-state index is 0.200. The Hall–Kier alpha value is -2.93. The SMILES string of the molecule is CCC(C)c1cc2c(cc1C(F)CC)N(c1cn(C3CCOCC3)c3ccc(C(=O)NC)nc13)CCC2. The van der Waals surface area contributed by atoms with Gasteiger partial charge >= 0.3 is 0 Å². The number of rotatable bonds is 7. The minimum atomic E-state index is -0.986. The topological polar surface area (TPSA) is 59.4 Å². The fourth-order valence-electron chi connectivity index (χ4n) is 5.88. The third-order valence-electron chi connectivity index (χ3n) is 8.23. The van der Waals surface area contributed by atoms with Gasteiger partial charge in [-0.1, -0.05) is 26.8 Å². The number of nitrogens with zero attached hydrogens (tertiary/aromatic N) is 3. The highest BCUT2D eigenvalue weighted by Crippen LogP contribution is 2.43. The van der Waals surface area contributed by atoms with Crippen LogP contribution in [0, 0.1) is 0 Å².